The van der Waals surface area contributed by atoms with Crippen molar-refractivity contribution in [2.45, 2.75) is 26.7 Å². The molecule has 90 valence electrons. The molecule has 1 aromatic carbocycles. The molecular formula is C13H21NO2. The third kappa shape index (κ3) is 9.21. The molecule has 0 heterocycles. The van der Waals surface area contributed by atoms with Crippen LogP contribution in [0.25, 0.3) is 0 Å². The summed E-state index contributed by atoms with van der Waals surface area (Å²) in [5.41, 5.74) is 1.08. The van der Waals surface area contributed by atoms with Crippen molar-refractivity contribution in [3.63, 3.8) is 0 Å². The molecule has 16 heavy (non-hydrogen) atoms. The van der Waals surface area contributed by atoms with Crippen LogP contribution >= 0.6 is 0 Å². The first-order valence-electron chi connectivity index (χ1n) is 5.67. The Bertz CT molecular complexity index is 271. The Labute approximate surface area is 97.5 Å². The highest BCUT2D eigenvalue weighted by Crippen LogP contribution is 2.01. The molecule has 0 aliphatic rings. The Hall–Kier alpha value is -1.35. The summed E-state index contributed by atoms with van der Waals surface area (Å²) in [7, 11) is 0. The molecule has 0 aliphatic carbocycles. The Morgan fingerprint density at radius 2 is 1.75 bits per heavy atom. The zero-order valence-electron chi connectivity index (χ0n) is 10.1. The normalized spacial score (nSPS) is 9.12. The first kappa shape index (κ1) is 14.6. The highest BCUT2D eigenvalue weighted by atomic mass is 16.4. The van der Waals surface area contributed by atoms with Gasteiger partial charge in [-0.15, -0.1) is 0 Å². The van der Waals surface area contributed by atoms with E-state index in [1.165, 1.54) is 0 Å². The smallest absolute Gasteiger partial charge is 0.303 e. The quantitative estimate of drug-likeness (QED) is 0.805. The highest BCUT2D eigenvalue weighted by Gasteiger charge is 1.96. The molecule has 0 aliphatic heterocycles. The van der Waals surface area contributed by atoms with E-state index in [1.807, 2.05) is 30.3 Å². The summed E-state index contributed by atoms with van der Waals surface area (Å²) in [5.74, 6) is -0.742. The van der Waals surface area contributed by atoms with Gasteiger partial charge in [0.2, 0.25) is 0 Å². The Balaban J connectivity index is 0.000000385. The largest absolute Gasteiger partial charge is 0.481 e. The minimum Gasteiger partial charge on any atom is -0.481 e. The molecular weight excluding hydrogens is 202 g/mol. The maximum absolute atomic E-state index is 10.2. The van der Waals surface area contributed by atoms with E-state index in [0.29, 0.717) is 6.42 Å². The van der Waals surface area contributed by atoms with Crippen LogP contribution in [-0.2, 0) is 11.2 Å². The second-order valence-corrected chi connectivity index (χ2v) is 3.34. The molecule has 0 saturated heterocycles. The number of aryl methyl sites for hydroxylation is 1. The summed E-state index contributed by atoms with van der Waals surface area (Å²) in [5, 5.41) is 11.5. The topological polar surface area (TPSA) is 49.3 Å². The summed E-state index contributed by atoms with van der Waals surface area (Å²) < 4.78 is 0. The molecule has 0 fully saturated rings. The maximum atomic E-state index is 10.2. The molecule has 1 rings (SSSR count). The van der Waals surface area contributed by atoms with Crippen molar-refractivity contribution < 1.29 is 9.90 Å². The number of hydrogen-bond acceptors (Lipinski definition) is 2. The predicted octanol–water partition coefficient (Wildman–Crippen LogP) is 2.32. The molecule has 0 spiro atoms. The number of hydrogen-bond donors (Lipinski definition) is 2. The second-order valence-electron chi connectivity index (χ2n) is 3.34. The third-order valence-electron chi connectivity index (χ3n) is 1.97. The van der Waals surface area contributed by atoms with Crippen LogP contribution in [0, 0.1) is 0 Å². The molecule has 2 N–H and O–H groups in total. The van der Waals surface area contributed by atoms with Crippen LogP contribution < -0.4 is 5.32 Å². The van der Waals surface area contributed by atoms with E-state index in [1.54, 1.807) is 0 Å². The molecule has 3 nitrogen and oxygen atoms in total. The number of aliphatic carboxylic acids is 1. The lowest BCUT2D eigenvalue weighted by molar-refractivity contribution is -0.136. The minimum atomic E-state index is -0.742. The fraction of sp³-hybridized carbons (Fsp3) is 0.462. The van der Waals surface area contributed by atoms with Crippen LogP contribution in [0.15, 0.2) is 30.3 Å². The van der Waals surface area contributed by atoms with Crippen molar-refractivity contribution in [3.8, 4) is 0 Å². The first-order valence-corrected chi connectivity index (χ1v) is 5.67. The van der Waals surface area contributed by atoms with Crippen LogP contribution in [-0.4, -0.2) is 24.2 Å². The second kappa shape index (κ2) is 10.2. The van der Waals surface area contributed by atoms with Gasteiger partial charge in [-0.1, -0.05) is 44.2 Å². The minimum absolute atomic E-state index is 0.212. The van der Waals surface area contributed by atoms with E-state index in [-0.39, 0.29) is 6.42 Å². The monoisotopic (exact) mass is 223 g/mol. The van der Waals surface area contributed by atoms with Crippen LogP contribution in [0.3, 0.4) is 0 Å². The molecule has 0 aromatic heterocycles. The van der Waals surface area contributed by atoms with Crippen LogP contribution in [0.1, 0.15) is 25.8 Å². The Morgan fingerprint density at radius 1 is 1.19 bits per heavy atom. The van der Waals surface area contributed by atoms with Crippen molar-refractivity contribution >= 4 is 5.97 Å². The first-order chi connectivity index (χ1) is 7.70. The van der Waals surface area contributed by atoms with Gasteiger partial charge in [0.05, 0.1) is 0 Å². The van der Waals surface area contributed by atoms with Gasteiger partial charge in [-0.05, 0) is 25.1 Å². The van der Waals surface area contributed by atoms with Crippen molar-refractivity contribution in [2.75, 3.05) is 13.1 Å². The van der Waals surface area contributed by atoms with E-state index in [9.17, 15) is 4.79 Å². The Kier molecular flexibility index (Phi) is 9.32. The van der Waals surface area contributed by atoms with Crippen molar-refractivity contribution in [1.82, 2.24) is 5.32 Å². The Morgan fingerprint density at radius 3 is 2.12 bits per heavy atom. The number of carboxylic acids is 1. The van der Waals surface area contributed by atoms with Gasteiger partial charge in [0.25, 0.3) is 0 Å². The highest BCUT2D eigenvalue weighted by molar-refractivity contribution is 5.67. The van der Waals surface area contributed by atoms with E-state index in [0.717, 1.165) is 18.7 Å². The average Bonchev–Trinajstić information content (AvgIpc) is 2.30. The van der Waals surface area contributed by atoms with E-state index in [4.69, 9.17) is 5.11 Å². The van der Waals surface area contributed by atoms with E-state index in [2.05, 4.69) is 19.2 Å². The fourth-order valence-electron chi connectivity index (χ4n) is 1.15. The van der Waals surface area contributed by atoms with Gasteiger partial charge in [0.15, 0.2) is 0 Å². The number of carbonyl (C=O) groups is 1. The average molecular weight is 223 g/mol. The molecule has 0 bridgehead atoms. The van der Waals surface area contributed by atoms with Crippen LogP contribution in [0.4, 0.5) is 0 Å². The lowest BCUT2D eigenvalue weighted by Gasteiger charge is -1.95. The molecule has 0 unspecified atom stereocenters. The van der Waals surface area contributed by atoms with Crippen molar-refractivity contribution in [3.05, 3.63) is 35.9 Å². The summed E-state index contributed by atoms with van der Waals surface area (Å²) in [4.78, 5) is 10.2. The predicted molar refractivity (Wildman–Crippen MR) is 66.6 cm³/mol. The molecule has 1 aromatic rings. The van der Waals surface area contributed by atoms with Gasteiger partial charge >= 0.3 is 5.97 Å². The summed E-state index contributed by atoms with van der Waals surface area (Å²) in [6, 6.07) is 9.62. The van der Waals surface area contributed by atoms with Gasteiger partial charge in [0, 0.05) is 6.42 Å². The lowest BCUT2D eigenvalue weighted by Crippen LogP contribution is -2.09. The number of benzene rings is 1. The van der Waals surface area contributed by atoms with Crippen LogP contribution in [0.2, 0.25) is 0 Å². The standard InChI is InChI=1S/C9H10O2.C4H11N/c10-9(11)7-6-8-4-2-1-3-5-8;1-3-5-4-2/h1-5H,6-7H2,(H,10,11);5H,3-4H2,1-2H3. The molecule has 0 saturated carbocycles. The van der Waals surface area contributed by atoms with Crippen LogP contribution in [0.5, 0.6) is 0 Å². The van der Waals surface area contributed by atoms with Crippen molar-refractivity contribution in [1.29, 1.82) is 0 Å². The fourth-order valence-corrected chi connectivity index (χ4v) is 1.15. The maximum Gasteiger partial charge on any atom is 0.303 e. The number of rotatable bonds is 5. The van der Waals surface area contributed by atoms with Gasteiger partial charge in [-0.3, -0.25) is 4.79 Å². The van der Waals surface area contributed by atoms with E-state index < -0.39 is 5.97 Å². The third-order valence-corrected chi connectivity index (χ3v) is 1.97. The van der Waals surface area contributed by atoms with Gasteiger partial charge in [-0.2, -0.15) is 0 Å². The SMILES string of the molecule is CCNCC.O=C(O)CCc1ccccc1. The molecule has 0 radical (unpaired) electrons. The summed E-state index contributed by atoms with van der Waals surface area (Å²) in [6.45, 7) is 6.39. The molecule has 0 amide bonds. The zero-order chi connectivity index (χ0) is 12.2. The van der Waals surface area contributed by atoms with Gasteiger partial charge in [-0.25, -0.2) is 0 Å². The summed E-state index contributed by atoms with van der Waals surface area (Å²) >= 11 is 0. The number of nitrogens with one attached hydrogen (secondary N) is 1. The van der Waals surface area contributed by atoms with E-state index >= 15 is 0 Å². The van der Waals surface area contributed by atoms with Crippen molar-refractivity contribution in [2.24, 2.45) is 0 Å². The van der Waals surface area contributed by atoms with Gasteiger partial charge < -0.3 is 10.4 Å². The lowest BCUT2D eigenvalue weighted by atomic mass is 10.1. The number of carboxylic acid groups (broad SMARTS) is 1. The molecule has 0 atom stereocenters. The molecule has 3 heteroatoms. The summed E-state index contributed by atoms with van der Waals surface area (Å²) in [6.07, 6.45) is 0.834. The van der Waals surface area contributed by atoms with Gasteiger partial charge in [0.1, 0.15) is 0 Å². The zero-order valence-corrected chi connectivity index (χ0v) is 10.1.